The van der Waals surface area contributed by atoms with Crippen LogP contribution in [0.1, 0.15) is 24.9 Å². The van der Waals surface area contributed by atoms with E-state index in [-0.39, 0.29) is 17.9 Å². The van der Waals surface area contributed by atoms with Gasteiger partial charge in [0.1, 0.15) is 5.82 Å². The first-order chi connectivity index (χ1) is 9.49. The summed E-state index contributed by atoms with van der Waals surface area (Å²) in [6.45, 7) is 5.19. The number of nitrogens with zero attached hydrogens (tertiary/aromatic N) is 2. The van der Waals surface area contributed by atoms with Gasteiger partial charge in [-0.2, -0.15) is 0 Å². The fourth-order valence-corrected chi connectivity index (χ4v) is 3.33. The second-order valence-electron chi connectivity index (χ2n) is 6.18. The Bertz CT molecular complexity index is 435. The van der Waals surface area contributed by atoms with Crippen LogP contribution in [0.5, 0.6) is 0 Å². The van der Waals surface area contributed by atoms with Crippen molar-refractivity contribution in [2.45, 2.75) is 25.4 Å². The standard InChI is InChI=1S/C16H26FN3/c1-12(18)16(14-6-4-5-7-15(14)17)20(3)11-13-8-9-19(2)10-13/h4-7,12-13,16H,8-11,18H2,1-3H3. The Kier molecular flexibility index (Phi) is 5.13. The molecule has 1 fully saturated rings. The van der Waals surface area contributed by atoms with Gasteiger partial charge in [-0.15, -0.1) is 0 Å². The largest absolute Gasteiger partial charge is 0.326 e. The summed E-state index contributed by atoms with van der Waals surface area (Å²) in [5.41, 5.74) is 6.83. The van der Waals surface area contributed by atoms with Gasteiger partial charge in [0.15, 0.2) is 0 Å². The van der Waals surface area contributed by atoms with Crippen molar-refractivity contribution in [2.24, 2.45) is 11.7 Å². The molecule has 1 aliphatic rings. The smallest absolute Gasteiger partial charge is 0.128 e. The first-order valence-corrected chi connectivity index (χ1v) is 7.38. The van der Waals surface area contributed by atoms with Crippen molar-refractivity contribution in [1.82, 2.24) is 9.80 Å². The van der Waals surface area contributed by atoms with Gasteiger partial charge in [0.05, 0.1) is 6.04 Å². The van der Waals surface area contributed by atoms with Crippen molar-refractivity contribution < 1.29 is 4.39 Å². The van der Waals surface area contributed by atoms with E-state index in [0.717, 1.165) is 19.6 Å². The van der Waals surface area contributed by atoms with Gasteiger partial charge in [-0.25, -0.2) is 4.39 Å². The molecule has 0 aromatic heterocycles. The maximum atomic E-state index is 14.0. The first kappa shape index (κ1) is 15.4. The van der Waals surface area contributed by atoms with Crippen LogP contribution in [-0.4, -0.2) is 49.6 Å². The molecular weight excluding hydrogens is 253 g/mol. The molecule has 1 aromatic rings. The molecule has 1 aromatic carbocycles. The molecule has 3 atom stereocenters. The van der Waals surface area contributed by atoms with Crippen LogP contribution in [-0.2, 0) is 0 Å². The van der Waals surface area contributed by atoms with E-state index in [4.69, 9.17) is 5.73 Å². The number of likely N-dealkylation sites (tertiary alicyclic amines) is 1. The van der Waals surface area contributed by atoms with Crippen molar-refractivity contribution in [2.75, 3.05) is 33.7 Å². The van der Waals surface area contributed by atoms with Gasteiger partial charge in [0.25, 0.3) is 0 Å². The maximum Gasteiger partial charge on any atom is 0.128 e. The van der Waals surface area contributed by atoms with Crippen molar-refractivity contribution in [3.05, 3.63) is 35.6 Å². The van der Waals surface area contributed by atoms with Crippen molar-refractivity contribution in [1.29, 1.82) is 0 Å². The SMILES string of the molecule is CC(N)C(c1ccccc1F)N(C)CC1CCN(C)C1. The van der Waals surface area contributed by atoms with E-state index in [1.807, 2.05) is 19.1 Å². The molecule has 1 aliphatic heterocycles. The third-order valence-corrected chi connectivity index (χ3v) is 4.23. The zero-order valence-electron chi connectivity index (χ0n) is 12.7. The second-order valence-corrected chi connectivity index (χ2v) is 6.18. The van der Waals surface area contributed by atoms with Crippen LogP contribution in [0, 0.1) is 11.7 Å². The fraction of sp³-hybridized carbons (Fsp3) is 0.625. The van der Waals surface area contributed by atoms with Crippen LogP contribution in [0.3, 0.4) is 0 Å². The van der Waals surface area contributed by atoms with E-state index in [1.54, 1.807) is 6.07 Å². The Morgan fingerprint density at radius 2 is 2.15 bits per heavy atom. The van der Waals surface area contributed by atoms with Crippen LogP contribution in [0.25, 0.3) is 0 Å². The number of benzene rings is 1. The third-order valence-electron chi connectivity index (χ3n) is 4.23. The van der Waals surface area contributed by atoms with Crippen LogP contribution in [0.2, 0.25) is 0 Å². The maximum absolute atomic E-state index is 14.0. The number of likely N-dealkylation sites (N-methyl/N-ethyl adjacent to an activating group) is 1. The summed E-state index contributed by atoms with van der Waals surface area (Å²) >= 11 is 0. The van der Waals surface area contributed by atoms with Gasteiger partial charge in [0.2, 0.25) is 0 Å². The Morgan fingerprint density at radius 1 is 1.45 bits per heavy atom. The molecule has 1 heterocycles. The van der Waals surface area contributed by atoms with Crippen molar-refractivity contribution >= 4 is 0 Å². The molecule has 0 spiro atoms. The van der Waals surface area contributed by atoms with Gasteiger partial charge in [0, 0.05) is 24.7 Å². The molecule has 0 saturated carbocycles. The second kappa shape index (κ2) is 6.66. The summed E-state index contributed by atoms with van der Waals surface area (Å²) in [7, 11) is 4.21. The van der Waals surface area contributed by atoms with Gasteiger partial charge >= 0.3 is 0 Å². The predicted octanol–water partition coefficient (Wildman–Crippen LogP) is 2.10. The molecule has 4 heteroatoms. The monoisotopic (exact) mass is 279 g/mol. The molecule has 1 saturated heterocycles. The Morgan fingerprint density at radius 3 is 2.70 bits per heavy atom. The van der Waals surface area contributed by atoms with Crippen LogP contribution in [0.4, 0.5) is 4.39 Å². The van der Waals surface area contributed by atoms with Gasteiger partial charge in [-0.1, -0.05) is 18.2 Å². The quantitative estimate of drug-likeness (QED) is 0.896. The van der Waals surface area contributed by atoms with Crippen molar-refractivity contribution in [3.8, 4) is 0 Å². The lowest BCUT2D eigenvalue weighted by atomic mass is 9.97. The zero-order chi connectivity index (χ0) is 14.7. The Labute approximate surface area is 121 Å². The van der Waals surface area contributed by atoms with E-state index < -0.39 is 0 Å². The number of nitrogens with two attached hydrogens (primary N) is 1. The highest BCUT2D eigenvalue weighted by Crippen LogP contribution is 2.27. The van der Waals surface area contributed by atoms with Gasteiger partial charge in [-0.05, 0) is 46.0 Å². The molecule has 0 aliphatic carbocycles. The van der Waals surface area contributed by atoms with Crippen molar-refractivity contribution in [3.63, 3.8) is 0 Å². The Balaban J connectivity index is 2.10. The molecular formula is C16H26FN3. The average Bonchev–Trinajstić information content (AvgIpc) is 2.77. The minimum absolute atomic E-state index is 0.0675. The highest BCUT2D eigenvalue weighted by molar-refractivity contribution is 5.22. The fourth-order valence-electron chi connectivity index (χ4n) is 3.33. The van der Waals surface area contributed by atoms with E-state index >= 15 is 0 Å². The van der Waals surface area contributed by atoms with E-state index in [1.165, 1.54) is 12.5 Å². The molecule has 3 unspecified atom stereocenters. The lowest BCUT2D eigenvalue weighted by Crippen LogP contribution is -2.40. The highest BCUT2D eigenvalue weighted by atomic mass is 19.1. The number of rotatable bonds is 5. The summed E-state index contributed by atoms with van der Waals surface area (Å²) in [4.78, 5) is 4.56. The van der Waals surface area contributed by atoms with Crippen LogP contribution >= 0.6 is 0 Å². The third kappa shape index (κ3) is 3.57. The van der Waals surface area contributed by atoms with Crippen LogP contribution < -0.4 is 5.73 Å². The predicted molar refractivity (Wildman–Crippen MR) is 81.0 cm³/mol. The van der Waals surface area contributed by atoms with Gasteiger partial charge < -0.3 is 10.6 Å². The number of hydrogen-bond donors (Lipinski definition) is 1. The molecule has 2 rings (SSSR count). The van der Waals surface area contributed by atoms with E-state index in [9.17, 15) is 4.39 Å². The molecule has 112 valence electrons. The molecule has 0 amide bonds. The summed E-state index contributed by atoms with van der Waals surface area (Å²) < 4.78 is 14.0. The molecule has 2 N–H and O–H groups in total. The summed E-state index contributed by atoms with van der Waals surface area (Å²) in [6, 6.07) is 6.80. The first-order valence-electron chi connectivity index (χ1n) is 7.38. The topological polar surface area (TPSA) is 32.5 Å². The average molecular weight is 279 g/mol. The summed E-state index contributed by atoms with van der Waals surface area (Å²) in [5, 5.41) is 0. The van der Waals surface area contributed by atoms with Gasteiger partial charge in [-0.3, -0.25) is 4.90 Å². The zero-order valence-corrected chi connectivity index (χ0v) is 12.7. The summed E-state index contributed by atoms with van der Waals surface area (Å²) in [6.07, 6.45) is 1.21. The Hall–Kier alpha value is -0.970. The molecule has 0 radical (unpaired) electrons. The molecule has 20 heavy (non-hydrogen) atoms. The van der Waals surface area contributed by atoms with E-state index in [2.05, 4.69) is 23.9 Å². The normalized spacial score (nSPS) is 23.2. The lowest BCUT2D eigenvalue weighted by Gasteiger charge is -2.33. The molecule has 0 bridgehead atoms. The minimum Gasteiger partial charge on any atom is -0.326 e. The number of halogens is 1. The highest BCUT2D eigenvalue weighted by Gasteiger charge is 2.28. The van der Waals surface area contributed by atoms with E-state index in [0.29, 0.717) is 11.5 Å². The minimum atomic E-state index is -0.162. The summed E-state index contributed by atoms with van der Waals surface area (Å²) in [5.74, 6) is 0.489. The number of hydrogen-bond acceptors (Lipinski definition) is 3. The van der Waals surface area contributed by atoms with Crippen LogP contribution in [0.15, 0.2) is 24.3 Å². The lowest BCUT2D eigenvalue weighted by molar-refractivity contribution is 0.184. The molecule has 3 nitrogen and oxygen atoms in total.